The van der Waals surface area contributed by atoms with Crippen molar-refractivity contribution in [1.29, 1.82) is 0 Å². The number of benzene rings is 1. The monoisotopic (exact) mass is 614 g/mol. The van der Waals surface area contributed by atoms with Gasteiger partial charge in [-0.1, -0.05) is 52.0 Å². The average molecular weight is 615 g/mol. The molecule has 10 nitrogen and oxygen atoms in total. The first-order valence-corrected chi connectivity index (χ1v) is 15.6. The Morgan fingerprint density at radius 1 is 1.07 bits per heavy atom. The summed E-state index contributed by atoms with van der Waals surface area (Å²) in [6.07, 6.45) is -1.25. The number of aryl methyl sites for hydroxylation is 1. The van der Waals surface area contributed by atoms with Gasteiger partial charge in [0.15, 0.2) is 5.78 Å². The minimum atomic E-state index is -0.997. The minimum Gasteiger partial charge on any atom is -0.444 e. The molecule has 0 unspecified atom stereocenters. The van der Waals surface area contributed by atoms with E-state index < -0.39 is 53.2 Å². The Kier molecular flexibility index (Phi) is 10.8. The summed E-state index contributed by atoms with van der Waals surface area (Å²) in [5.74, 6) is -1.25. The van der Waals surface area contributed by atoms with Crippen LogP contribution in [0.2, 0.25) is 0 Å². The molecule has 43 heavy (non-hydrogen) atoms. The molecule has 3 rings (SSSR count). The van der Waals surface area contributed by atoms with E-state index in [-0.39, 0.29) is 31.1 Å². The van der Waals surface area contributed by atoms with Crippen molar-refractivity contribution in [3.63, 3.8) is 0 Å². The molecule has 1 fully saturated rings. The number of alkyl carbamates (subject to hydrolysis) is 1. The topological polar surface area (TPSA) is 138 Å². The van der Waals surface area contributed by atoms with Crippen molar-refractivity contribution < 1.29 is 29.0 Å². The SMILES string of the molecule is Cc1ncsc1-c1ccc([C@H](C)CC(=O)[C@@H]2C[C@@H](O)CN2C(=O)[C@@H](NC(=O)[C@H](C)NC(=O)OC(C)(C)C)C(C)(C)C)cc1. The summed E-state index contributed by atoms with van der Waals surface area (Å²) in [6.45, 7) is 16.0. The van der Waals surface area contributed by atoms with Gasteiger partial charge in [-0.2, -0.15) is 0 Å². The molecule has 2 heterocycles. The first-order valence-electron chi connectivity index (χ1n) is 14.7. The quantitative estimate of drug-likeness (QED) is 0.376. The number of β-amino-alcohol motifs (C(OH)–C–C–N with tert-alkyl or cyclic N) is 1. The molecule has 1 saturated heterocycles. The third kappa shape index (κ3) is 9.09. The van der Waals surface area contributed by atoms with Crippen LogP contribution in [0.5, 0.6) is 0 Å². The number of aliphatic hydroxyl groups is 1. The van der Waals surface area contributed by atoms with E-state index in [0.29, 0.717) is 0 Å². The Hall–Kier alpha value is -3.31. The number of likely N-dealkylation sites (tertiary alicyclic amines) is 1. The number of thiazole rings is 1. The molecular formula is C32H46N4O6S. The van der Waals surface area contributed by atoms with Gasteiger partial charge in [0.25, 0.3) is 0 Å². The molecule has 1 aromatic heterocycles. The van der Waals surface area contributed by atoms with Gasteiger partial charge in [-0.15, -0.1) is 11.3 Å². The Labute approximate surface area is 258 Å². The molecule has 0 saturated carbocycles. The van der Waals surface area contributed by atoms with Gasteiger partial charge in [0, 0.05) is 19.4 Å². The van der Waals surface area contributed by atoms with Crippen LogP contribution in [0.4, 0.5) is 4.79 Å². The lowest BCUT2D eigenvalue weighted by Gasteiger charge is -2.36. The van der Waals surface area contributed by atoms with Crippen molar-refractivity contribution in [3.05, 3.63) is 41.0 Å². The van der Waals surface area contributed by atoms with Gasteiger partial charge in [-0.25, -0.2) is 9.78 Å². The lowest BCUT2D eigenvalue weighted by Crippen LogP contribution is -2.59. The minimum absolute atomic E-state index is 0.000675. The van der Waals surface area contributed by atoms with E-state index >= 15 is 0 Å². The van der Waals surface area contributed by atoms with E-state index in [0.717, 1.165) is 21.7 Å². The van der Waals surface area contributed by atoms with Crippen molar-refractivity contribution in [2.24, 2.45) is 5.41 Å². The normalized spacial score (nSPS) is 19.3. The maximum atomic E-state index is 13.9. The van der Waals surface area contributed by atoms with Crippen molar-refractivity contribution >= 4 is 35.0 Å². The number of rotatable bonds is 9. The molecule has 5 atom stereocenters. The van der Waals surface area contributed by atoms with E-state index in [1.807, 2.05) is 64.4 Å². The number of amides is 3. The number of hydrogen-bond acceptors (Lipinski definition) is 8. The molecule has 0 radical (unpaired) electrons. The highest BCUT2D eigenvalue weighted by molar-refractivity contribution is 7.13. The zero-order valence-corrected chi connectivity index (χ0v) is 27.5. The van der Waals surface area contributed by atoms with Gasteiger partial charge in [-0.3, -0.25) is 14.4 Å². The molecule has 1 aliphatic rings. The second kappa shape index (κ2) is 13.5. The number of ketones is 1. The van der Waals surface area contributed by atoms with Gasteiger partial charge in [0.05, 0.1) is 28.2 Å². The molecule has 11 heteroatoms. The highest BCUT2D eigenvalue weighted by Gasteiger charge is 2.44. The van der Waals surface area contributed by atoms with Gasteiger partial charge in [0.1, 0.15) is 17.7 Å². The lowest BCUT2D eigenvalue weighted by atomic mass is 9.85. The van der Waals surface area contributed by atoms with Crippen molar-refractivity contribution in [1.82, 2.24) is 20.5 Å². The first kappa shape index (κ1) is 34.2. The number of aromatic nitrogens is 1. The lowest BCUT2D eigenvalue weighted by molar-refractivity contribution is -0.143. The van der Waals surface area contributed by atoms with Crippen molar-refractivity contribution in [3.8, 4) is 10.4 Å². The van der Waals surface area contributed by atoms with E-state index in [1.54, 1.807) is 32.1 Å². The molecular weight excluding hydrogens is 568 g/mol. The number of carbonyl (C=O) groups excluding carboxylic acids is 4. The molecule has 1 aromatic carbocycles. The zero-order chi connectivity index (χ0) is 32.3. The highest BCUT2D eigenvalue weighted by atomic mass is 32.1. The fourth-order valence-electron chi connectivity index (χ4n) is 5.09. The summed E-state index contributed by atoms with van der Waals surface area (Å²) in [6, 6.07) is 5.31. The molecule has 3 N–H and O–H groups in total. The van der Waals surface area contributed by atoms with Gasteiger partial charge >= 0.3 is 6.09 Å². The van der Waals surface area contributed by atoms with Gasteiger partial charge in [-0.05, 0) is 57.1 Å². The molecule has 0 bridgehead atoms. The second-order valence-corrected chi connectivity index (χ2v) is 14.4. The smallest absolute Gasteiger partial charge is 0.408 e. The van der Waals surface area contributed by atoms with Crippen molar-refractivity contribution in [2.75, 3.05) is 6.54 Å². The molecule has 0 aliphatic carbocycles. The van der Waals surface area contributed by atoms with Gasteiger partial charge in [0.2, 0.25) is 11.8 Å². The average Bonchev–Trinajstić information content (AvgIpc) is 3.50. The molecule has 1 aliphatic heterocycles. The maximum Gasteiger partial charge on any atom is 0.408 e. The van der Waals surface area contributed by atoms with Crippen LogP contribution >= 0.6 is 11.3 Å². The Bertz CT molecular complexity index is 1310. The third-order valence-electron chi connectivity index (χ3n) is 7.45. The molecule has 0 spiro atoms. The molecule has 3 amide bonds. The predicted octanol–water partition coefficient (Wildman–Crippen LogP) is 4.59. The predicted molar refractivity (Wildman–Crippen MR) is 167 cm³/mol. The van der Waals surface area contributed by atoms with Crippen LogP contribution in [0.25, 0.3) is 10.4 Å². The summed E-state index contributed by atoms with van der Waals surface area (Å²) < 4.78 is 5.23. The molecule has 2 aromatic rings. The van der Waals surface area contributed by atoms with E-state index in [2.05, 4.69) is 15.6 Å². The number of carbonyl (C=O) groups is 4. The highest BCUT2D eigenvalue weighted by Crippen LogP contribution is 2.31. The second-order valence-electron chi connectivity index (χ2n) is 13.5. The zero-order valence-electron chi connectivity index (χ0n) is 26.7. The third-order valence-corrected chi connectivity index (χ3v) is 8.43. The summed E-state index contributed by atoms with van der Waals surface area (Å²) in [5.41, 5.74) is 3.42. The number of Topliss-reactive ketones (excluding diaryl/α,β-unsaturated/α-hetero) is 1. The summed E-state index contributed by atoms with van der Waals surface area (Å²) in [7, 11) is 0. The van der Waals surface area contributed by atoms with Crippen LogP contribution in [-0.2, 0) is 19.1 Å². The van der Waals surface area contributed by atoms with Crippen LogP contribution in [0.3, 0.4) is 0 Å². The summed E-state index contributed by atoms with van der Waals surface area (Å²) in [4.78, 5) is 59.5. The Morgan fingerprint density at radius 3 is 2.23 bits per heavy atom. The summed E-state index contributed by atoms with van der Waals surface area (Å²) in [5, 5.41) is 15.8. The first-order chi connectivity index (χ1) is 19.9. The Morgan fingerprint density at radius 2 is 1.70 bits per heavy atom. The van der Waals surface area contributed by atoms with Crippen LogP contribution in [0.15, 0.2) is 29.8 Å². The standard InChI is InChI=1S/C32H46N4O6S/c1-18(21-10-12-22(13-11-21)26-19(2)33-17-43-26)14-25(38)24-15-23(37)16-36(24)29(40)27(31(4,5)6)35-28(39)20(3)34-30(41)42-32(7,8)9/h10-13,17-18,20,23-24,27,37H,14-16H2,1-9H3,(H,34,41)(H,35,39)/t18-,20+,23-,24+,27-/m1/s1. The maximum absolute atomic E-state index is 13.9. The Balaban J connectivity index is 1.70. The van der Waals surface area contributed by atoms with E-state index in [4.69, 9.17) is 4.74 Å². The number of aliphatic hydroxyl groups excluding tert-OH is 1. The number of nitrogens with one attached hydrogen (secondary N) is 2. The van der Waals surface area contributed by atoms with Crippen molar-refractivity contribution in [2.45, 2.75) is 111 Å². The van der Waals surface area contributed by atoms with Gasteiger partial charge < -0.3 is 25.4 Å². The van der Waals surface area contributed by atoms with Crippen LogP contribution < -0.4 is 10.6 Å². The number of nitrogens with zero attached hydrogens (tertiary/aromatic N) is 2. The summed E-state index contributed by atoms with van der Waals surface area (Å²) >= 11 is 1.58. The van der Waals surface area contributed by atoms with Crippen LogP contribution in [0, 0.1) is 12.3 Å². The number of ether oxygens (including phenoxy) is 1. The fraction of sp³-hybridized carbons (Fsp3) is 0.594. The molecule has 236 valence electrons. The van der Waals surface area contributed by atoms with E-state index in [1.165, 1.54) is 11.8 Å². The number of hydrogen-bond donors (Lipinski definition) is 3. The fourth-order valence-corrected chi connectivity index (χ4v) is 5.90. The van der Waals surface area contributed by atoms with E-state index in [9.17, 15) is 24.3 Å². The van der Waals surface area contributed by atoms with Crippen LogP contribution in [-0.4, -0.2) is 75.1 Å². The van der Waals surface area contributed by atoms with Crippen LogP contribution in [0.1, 0.15) is 85.4 Å². The largest absolute Gasteiger partial charge is 0.444 e.